The predicted octanol–water partition coefficient (Wildman–Crippen LogP) is 1.69. The number of aromatic nitrogens is 2. The molecule has 9 heavy (non-hydrogen) atoms. The second-order valence-electron chi connectivity index (χ2n) is 1.62. The van der Waals surface area contributed by atoms with Crippen molar-refractivity contribution in [1.29, 1.82) is 0 Å². The Morgan fingerprint density at radius 1 is 1.67 bits per heavy atom. The molecule has 0 aliphatic heterocycles. The van der Waals surface area contributed by atoms with Crippen LogP contribution in [0.15, 0.2) is 23.9 Å². The summed E-state index contributed by atoms with van der Waals surface area (Å²) < 4.78 is 8.20. The van der Waals surface area contributed by atoms with E-state index in [1.807, 2.05) is 11.4 Å². The van der Waals surface area contributed by atoms with Crippen LogP contribution in [0.25, 0.3) is 10.2 Å². The average molecular weight is 137 g/mol. The smallest absolute Gasteiger partial charge is 0.116 e. The summed E-state index contributed by atoms with van der Waals surface area (Å²) in [4.78, 5) is 7.73. The lowest BCUT2D eigenvalue weighted by Crippen LogP contribution is -1.72. The molecule has 0 amide bonds. The fraction of sp³-hybridized carbons (Fsp3) is 0. The van der Waals surface area contributed by atoms with Crippen molar-refractivity contribution in [1.82, 2.24) is 9.97 Å². The molecule has 2 rings (SSSR count). The summed E-state index contributed by atoms with van der Waals surface area (Å²) >= 11 is 1.50. The fourth-order valence-corrected chi connectivity index (χ4v) is 1.35. The van der Waals surface area contributed by atoms with E-state index in [0.29, 0.717) is 6.17 Å². The quantitative estimate of drug-likeness (QED) is 0.552. The van der Waals surface area contributed by atoms with Gasteiger partial charge in [0.05, 0.1) is 11.6 Å². The van der Waals surface area contributed by atoms with Crippen LogP contribution in [0.4, 0.5) is 0 Å². The normalized spacial score (nSPS) is 11.8. The molecule has 0 radical (unpaired) electrons. The van der Waals surface area contributed by atoms with E-state index < -0.39 is 0 Å². The fourth-order valence-electron chi connectivity index (χ4n) is 0.666. The first kappa shape index (κ1) is 3.95. The van der Waals surface area contributed by atoms with Crippen molar-refractivity contribution in [2.75, 3.05) is 0 Å². The van der Waals surface area contributed by atoms with Crippen molar-refractivity contribution < 1.29 is 1.37 Å². The number of fused-ring (bicyclic) bond motifs is 1. The Labute approximate surface area is 57.6 Å². The van der Waals surface area contributed by atoms with Gasteiger partial charge in [0, 0.05) is 6.17 Å². The minimum Gasteiger partial charge on any atom is -0.243 e. The van der Waals surface area contributed by atoms with Gasteiger partial charge in [0.2, 0.25) is 0 Å². The van der Waals surface area contributed by atoms with Crippen molar-refractivity contribution in [3.8, 4) is 0 Å². The molecule has 2 heterocycles. The molecule has 0 aliphatic carbocycles. The van der Waals surface area contributed by atoms with E-state index in [2.05, 4.69) is 9.97 Å². The van der Waals surface area contributed by atoms with Crippen LogP contribution in [0.3, 0.4) is 0 Å². The highest BCUT2D eigenvalue weighted by Crippen LogP contribution is 2.15. The first-order valence-corrected chi connectivity index (χ1v) is 3.41. The zero-order valence-electron chi connectivity index (χ0n) is 5.53. The van der Waals surface area contributed by atoms with Crippen molar-refractivity contribution in [3.63, 3.8) is 0 Å². The summed E-state index contributed by atoms with van der Waals surface area (Å²) in [6.07, 6.45) is 1.73. The maximum absolute atomic E-state index is 7.34. The van der Waals surface area contributed by atoms with E-state index in [-0.39, 0.29) is 0 Å². The molecule has 0 aromatic carbocycles. The number of thiophene rings is 1. The third-order valence-corrected chi connectivity index (χ3v) is 1.87. The van der Waals surface area contributed by atoms with E-state index >= 15 is 0 Å². The van der Waals surface area contributed by atoms with Crippen molar-refractivity contribution in [2.24, 2.45) is 0 Å². The highest BCUT2D eigenvalue weighted by Gasteiger charge is 1.90. The highest BCUT2D eigenvalue weighted by molar-refractivity contribution is 7.17. The predicted molar refractivity (Wildman–Crippen MR) is 37.4 cm³/mol. The number of hydrogen-bond acceptors (Lipinski definition) is 3. The molecule has 44 valence electrons. The summed E-state index contributed by atoms with van der Waals surface area (Å²) in [5.41, 5.74) is 0.866. The molecule has 3 heteroatoms. The Morgan fingerprint density at radius 3 is 3.56 bits per heavy atom. The number of rotatable bonds is 0. The largest absolute Gasteiger partial charge is 0.243 e. The van der Waals surface area contributed by atoms with E-state index in [1.54, 1.807) is 0 Å². The maximum Gasteiger partial charge on any atom is 0.116 e. The number of nitrogens with zero attached hydrogens (tertiary/aromatic N) is 2. The van der Waals surface area contributed by atoms with Crippen LogP contribution >= 0.6 is 11.3 Å². The Morgan fingerprint density at radius 2 is 2.67 bits per heavy atom. The van der Waals surface area contributed by atoms with Gasteiger partial charge in [-0.2, -0.15) is 0 Å². The monoisotopic (exact) mass is 137 g/mol. The Kier molecular flexibility index (Phi) is 0.778. The molecule has 0 bridgehead atoms. The summed E-state index contributed by atoms with van der Waals surface area (Å²) in [5.74, 6) is 0. The van der Waals surface area contributed by atoms with Gasteiger partial charge in [0.25, 0.3) is 0 Å². The topological polar surface area (TPSA) is 25.8 Å². The lowest BCUT2D eigenvalue weighted by molar-refractivity contribution is 1.23. The molecule has 2 aromatic rings. The lowest BCUT2D eigenvalue weighted by atomic mass is 10.5. The van der Waals surface area contributed by atoms with Crippen molar-refractivity contribution in [3.05, 3.63) is 23.9 Å². The maximum atomic E-state index is 7.34. The molecule has 0 saturated heterocycles. The van der Waals surface area contributed by atoms with Gasteiger partial charge in [-0.05, 0) is 11.4 Å². The minimum atomic E-state index is 0.319. The van der Waals surface area contributed by atoms with Gasteiger partial charge in [-0.1, -0.05) is 0 Å². The van der Waals surface area contributed by atoms with Gasteiger partial charge in [-0.15, -0.1) is 11.3 Å². The first-order chi connectivity index (χ1) is 4.88. The van der Waals surface area contributed by atoms with Crippen molar-refractivity contribution >= 4 is 21.6 Å². The van der Waals surface area contributed by atoms with Crippen LogP contribution in [-0.4, -0.2) is 9.97 Å². The van der Waals surface area contributed by atoms with Crippen molar-refractivity contribution in [2.45, 2.75) is 0 Å². The van der Waals surface area contributed by atoms with Gasteiger partial charge in [-0.3, -0.25) is 0 Å². The van der Waals surface area contributed by atoms with Crippen LogP contribution in [0.1, 0.15) is 1.37 Å². The molecule has 0 N–H and O–H groups in total. The zero-order chi connectivity index (χ0) is 6.97. The van der Waals surface area contributed by atoms with Gasteiger partial charge in [0.1, 0.15) is 6.33 Å². The summed E-state index contributed by atoms with van der Waals surface area (Å²) in [5, 5.41) is 1.91. The molecule has 0 spiro atoms. The SMILES string of the molecule is [2H]c1ncnc2ccsc12. The van der Waals surface area contributed by atoms with Crippen LogP contribution in [-0.2, 0) is 0 Å². The van der Waals surface area contributed by atoms with Gasteiger partial charge < -0.3 is 0 Å². The zero-order valence-corrected chi connectivity index (χ0v) is 5.35. The van der Waals surface area contributed by atoms with Gasteiger partial charge >= 0.3 is 0 Å². The second kappa shape index (κ2) is 1.77. The lowest BCUT2D eigenvalue weighted by Gasteiger charge is -1.81. The number of hydrogen-bond donors (Lipinski definition) is 0. The first-order valence-electron chi connectivity index (χ1n) is 3.03. The molecule has 0 fully saturated rings. The van der Waals surface area contributed by atoms with Crippen LogP contribution in [0.5, 0.6) is 0 Å². The van der Waals surface area contributed by atoms with E-state index in [4.69, 9.17) is 1.37 Å². The van der Waals surface area contributed by atoms with Gasteiger partial charge in [0.15, 0.2) is 0 Å². The minimum absolute atomic E-state index is 0.319. The molecular formula is C6H4N2S. The third kappa shape index (κ3) is 0.695. The Hall–Kier alpha value is -0.960. The molecule has 0 atom stereocenters. The standard InChI is InChI=1S/C6H4N2S/c1-2-9-6-3-7-4-8-5(1)6/h1-4H/i3D. The third-order valence-electron chi connectivity index (χ3n) is 1.07. The van der Waals surface area contributed by atoms with E-state index in [9.17, 15) is 0 Å². The molecule has 0 aliphatic rings. The Balaban J connectivity index is 2.95. The molecule has 2 nitrogen and oxygen atoms in total. The van der Waals surface area contributed by atoms with E-state index in [1.165, 1.54) is 17.7 Å². The molecule has 2 aromatic heterocycles. The summed E-state index contributed by atoms with van der Waals surface area (Å²) in [6, 6.07) is 1.89. The second-order valence-corrected chi connectivity index (χ2v) is 2.54. The summed E-state index contributed by atoms with van der Waals surface area (Å²) in [7, 11) is 0. The van der Waals surface area contributed by atoms with Gasteiger partial charge in [-0.25, -0.2) is 9.97 Å². The molecular weight excluding hydrogens is 132 g/mol. The highest BCUT2D eigenvalue weighted by atomic mass is 32.1. The Bertz CT molecular complexity index is 357. The average Bonchev–Trinajstić information content (AvgIpc) is 2.36. The van der Waals surface area contributed by atoms with Crippen LogP contribution < -0.4 is 0 Å². The summed E-state index contributed by atoms with van der Waals surface area (Å²) in [6.45, 7) is 0. The van der Waals surface area contributed by atoms with Crippen LogP contribution in [0.2, 0.25) is 0 Å². The molecule has 0 unspecified atom stereocenters. The van der Waals surface area contributed by atoms with E-state index in [0.717, 1.165) is 10.2 Å². The molecule has 0 saturated carbocycles. The van der Waals surface area contributed by atoms with Crippen LogP contribution in [0, 0.1) is 0 Å².